The Hall–Kier alpha value is -1.42. The number of anilines is 2. The van der Waals surface area contributed by atoms with Crippen molar-refractivity contribution in [2.75, 3.05) is 11.6 Å². The summed E-state index contributed by atoms with van der Waals surface area (Å²) in [4.78, 5) is 5.53. The van der Waals surface area contributed by atoms with Crippen molar-refractivity contribution in [3.63, 3.8) is 0 Å². The summed E-state index contributed by atoms with van der Waals surface area (Å²) in [6.07, 6.45) is 5.87. The third kappa shape index (κ3) is 2.22. The first-order chi connectivity index (χ1) is 7.85. The van der Waals surface area contributed by atoms with Crippen molar-refractivity contribution in [2.45, 2.75) is 18.4 Å². The van der Waals surface area contributed by atoms with Gasteiger partial charge in [-0.2, -0.15) is 0 Å². The zero-order valence-corrected chi connectivity index (χ0v) is 10.3. The standard InChI is InChI=1S/C12H15N3S/c1-3-15-9-8-13-12(15)14-10-6-4-5-7-11(10)16-2/h4-9H,3H2,1-2H3,(H,13,14). The van der Waals surface area contributed by atoms with Crippen molar-refractivity contribution in [2.24, 2.45) is 0 Å². The molecule has 4 heteroatoms. The third-order valence-corrected chi connectivity index (χ3v) is 3.21. The molecular weight excluding hydrogens is 218 g/mol. The molecule has 2 aromatic rings. The summed E-state index contributed by atoms with van der Waals surface area (Å²) in [6.45, 7) is 3.02. The van der Waals surface area contributed by atoms with E-state index in [1.807, 2.05) is 24.5 Å². The van der Waals surface area contributed by atoms with Gasteiger partial charge in [0.2, 0.25) is 5.95 Å². The van der Waals surface area contributed by atoms with Crippen LogP contribution < -0.4 is 5.32 Å². The number of hydrogen-bond donors (Lipinski definition) is 1. The fraction of sp³-hybridized carbons (Fsp3) is 0.250. The van der Waals surface area contributed by atoms with E-state index in [1.165, 1.54) is 4.90 Å². The average Bonchev–Trinajstić information content (AvgIpc) is 2.77. The highest BCUT2D eigenvalue weighted by molar-refractivity contribution is 7.98. The molecule has 0 spiro atoms. The number of aromatic nitrogens is 2. The van der Waals surface area contributed by atoms with Gasteiger partial charge in [-0.05, 0) is 25.3 Å². The molecule has 16 heavy (non-hydrogen) atoms. The van der Waals surface area contributed by atoms with Gasteiger partial charge >= 0.3 is 0 Å². The van der Waals surface area contributed by atoms with E-state index in [0.717, 1.165) is 18.2 Å². The Morgan fingerprint density at radius 2 is 2.19 bits per heavy atom. The molecule has 0 unspecified atom stereocenters. The number of para-hydroxylation sites is 1. The van der Waals surface area contributed by atoms with E-state index in [2.05, 4.69) is 40.2 Å². The Morgan fingerprint density at radius 1 is 1.38 bits per heavy atom. The van der Waals surface area contributed by atoms with E-state index in [0.29, 0.717) is 0 Å². The largest absolute Gasteiger partial charge is 0.325 e. The molecule has 0 aliphatic heterocycles. The van der Waals surface area contributed by atoms with Crippen LogP contribution in [0.2, 0.25) is 0 Å². The zero-order valence-electron chi connectivity index (χ0n) is 9.47. The zero-order chi connectivity index (χ0) is 11.4. The summed E-state index contributed by atoms with van der Waals surface area (Å²) >= 11 is 1.73. The van der Waals surface area contributed by atoms with Crippen LogP contribution in [0.25, 0.3) is 0 Å². The summed E-state index contributed by atoms with van der Waals surface area (Å²) in [5.74, 6) is 0.893. The molecule has 0 radical (unpaired) electrons. The monoisotopic (exact) mass is 233 g/mol. The van der Waals surface area contributed by atoms with E-state index >= 15 is 0 Å². The molecule has 0 bridgehead atoms. The number of nitrogens with zero attached hydrogens (tertiary/aromatic N) is 2. The quantitative estimate of drug-likeness (QED) is 0.821. The summed E-state index contributed by atoms with van der Waals surface area (Å²) in [5.41, 5.74) is 1.11. The van der Waals surface area contributed by atoms with Gasteiger partial charge in [0.25, 0.3) is 0 Å². The molecule has 1 N–H and O–H groups in total. The van der Waals surface area contributed by atoms with Gasteiger partial charge < -0.3 is 9.88 Å². The highest BCUT2D eigenvalue weighted by Gasteiger charge is 2.04. The second kappa shape index (κ2) is 5.07. The lowest BCUT2D eigenvalue weighted by Gasteiger charge is -2.10. The van der Waals surface area contributed by atoms with Gasteiger partial charge in [0.15, 0.2) is 0 Å². The summed E-state index contributed by atoms with van der Waals surface area (Å²) in [6, 6.07) is 8.25. The van der Waals surface area contributed by atoms with Gasteiger partial charge in [0.1, 0.15) is 0 Å². The van der Waals surface area contributed by atoms with E-state index in [9.17, 15) is 0 Å². The van der Waals surface area contributed by atoms with Gasteiger partial charge in [-0.1, -0.05) is 12.1 Å². The first kappa shape index (κ1) is 11.1. The second-order valence-corrected chi connectivity index (χ2v) is 4.21. The molecule has 1 heterocycles. The molecule has 84 valence electrons. The average molecular weight is 233 g/mol. The number of rotatable bonds is 4. The Kier molecular flexibility index (Phi) is 3.51. The van der Waals surface area contributed by atoms with Crippen molar-refractivity contribution in [1.29, 1.82) is 0 Å². The number of aryl methyl sites for hydroxylation is 1. The van der Waals surface area contributed by atoms with E-state index in [4.69, 9.17) is 0 Å². The molecule has 0 aliphatic carbocycles. The fourth-order valence-electron chi connectivity index (χ4n) is 1.56. The number of hydrogen-bond acceptors (Lipinski definition) is 3. The molecule has 0 atom stereocenters. The van der Waals surface area contributed by atoms with Gasteiger partial charge in [-0.15, -0.1) is 11.8 Å². The molecule has 0 saturated heterocycles. The SMILES string of the molecule is CCn1ccnc1Nc1ccccc1SC. The molecule has 0 amide bonds. The molecule has 2 rings (SSSR count). The predicted molar refractivity (Wildman–Crippen MR) is 69.4 cm³/mol. The van der Waals surface area contributed by atoms with Crippen molar-refractivity contribution < 1.29 is 0 Å². The number of benzene rings is 1. The van der Waals surface area contributed by atoms with Crippen molar-refractivity contribution in [3.05, 3.63) is 36.7 Å². The van der Waals surface area contributed by atoms with Gasteiger partial charge in [-0.25, -0.2) is 4.98 Å². The van der Waals surface area contributed by atoms with E-state index < -0.39 is 0 Å². The molecule has 0 fully saturated rings. The lowest BCUT2D eigenvalue weighted by atomic mass is 10.3. The summed E-state index contributed by atoms with van der Waals surface area (Å²) < 4.78 is 2.08. The molecule has 1 aromatic carbocycles. The van der Waals surface area contributed by atoms with Crippen LogP contribution in [0.3, 0.4) is 0 Å². The molecule has 0 aliphatic rings. The van der Waals surface area contributed by atoms with Crippen LogP contribution in [0, 0.1) is 0 Å². The first-order valence-corrected chi connectivity index (χ1v) is 6.48. The normalized spacial score (nSPS) is 10.4. The lowest BCUT2D eigenvalue weighted by molar-refractivity contribution is 0.771. The highest BCUT2D eigenvalue weighted by atomic mass is 32.2. The van der Waals surface area contributed by atoms with Crippen LogP contribution in [0.5, 0.6) is 0 Å². The van der Waals surface area contributed by atoms with Gasteiger partial charge in [0, 0.05) is 23.8 Å². The van der Waals surface area contributed by atoms with Crippen molar-refractivity contribution in [1.82, 2.24) is 9.55 Å². The minimum atomic E-state index is 0.893. The van der Waals surface area contributed by atoms with Gasteiger partial charge in [0.05, 0.1) is 5.69 Å². The Morgan fingerprint density at radius 3 is 2.94 bits per heavy atom. The number of thioether (sulfide) groups is 1. The maximum atomic E-state index is 4.30. The highest BCUT2D eigenvalue weighted by Crippen LogP contribution is 2.26. The first-order valence-electron chi connectivity index (χ1n) is 5.26. The summed E-state index contributed by atoms with van der Waals surface area (Å²) in [7, 11) is 0. The maximum Gasteiger partial charge on any atom is 0.207 e. The van der Waals surface area contributed by atoms with Crippen molar-refractivity contribution in [3.8, 4) is 0 Å². The Bertz CT molecular complexity index is 465. The number of imidazole rings is 1. The maximum absolute atomic E-state index is 4.30. The van der Waals surface area contributed by atoms with Crippen LogP contribution in [-0.4, -0.2) is 15.8 Å². The number of nitrogens with one attached hydrogen (secondary N) is 1. The van der Waals surface area contributed by atoms with Crippen molar-refractivity contribution >= 4 is 23.4 Å². The van der Waals surface area contributed by atoms with Gasteiger partial charge in [-0.3, -0.25) is 0 Å². The fourth-order valence-corrected chi connectivity index (χ4v) is 2.11. The second-order valence-electron chi connectivity index (χ2n) is 3.36. The third-order valence-electron chi connectivity index (χ3n) is 2.41. The Balaban J connectivity index is 2.26. The van der Waals surface area contributed by atoms with E-state index in [1.54, 1.807) is 11.8 Å². The minimum Gasteiger partial charge on any atom is -0.325 e. The Labute approximate surface area is 99.9 Å². The van der Waals surface area contributed by atoms with E-state index in [-0.39, 0.29) is 0 Å². The predicted octanol–water partition coefficient (Wildman–Crippen LogP) is 3.37. The topological polar surface area (TPSA) is 29.9 Å². The molecule has 0 saturated carbocycles. The minimum absolute atomic E-state index is 0.893. The van der Waals surface area contributed by atoms with Crippen LogP contribution >= 0.6 is 11.8 Å². The smallest absolute Gasteiger partial charge is 0.207 e. The summed E-state index contributed by atoms with van der Waals surface area (Å²) in [5, 5.41) is 3.35. The molecular formula is C12H15N3S. The lowest BCUT2D eigenvalue weighted by Crippen LogP contribution is -2.01. The molecule has 1 aromatic heterocycles. The van der Waals surface area contributed by atoms with Crippen LogP contribution in [0.15, 0.2) is 41.6 Å². The van der Waals surface area contributed by atoms with Crippen LogP contribution in [0.4, 0.5) is 11.6 Å². The van der Waals surface area contributed by atoms with Crippen LogP contribution in [0.1, 0.15) is 6.92 Å². The van der Waals surface area contributed by atoms with Crippen LogP contribution in [-0.2, 0) is 6.54 Å². The molecule has 3 nitrogen and oxygen atoms in total.